The lowest BCUT2D eigenvalue weighted by Gasteiger charge is -2.26. The van der Waals surface area contributed by atoms with Crippen LogP contribution >= 0.6 is 12.2 Å². The van der Waals surface area contributed by atoms with Gasteiger partial charge in [0.05, 0.1) is 25.0 Å². The van der Waals surface area contributed by atoms with E-state index >= 15 is 0 Å². The minimum atomic E-state index is 0.155. The number of ether oxygens (including phenoxy) is 1. The summed E-state index contributed by atoms with van der Waals surface area (Å²) >= 11 is 5.45. The second-order valence-electron chi connectivity index (χ2n) is 5.77. The van der Waals surface area contributed by atoms with Crippen molar-refractivity contribution >= 4 is 23.0 Å². The molecule has 1 heterocycles. The van der Waals surface area contributed by atoms with Crippen LogP contribution in [-0.2, 0) is 0 Å². The van der Waals surface area contributed by atoms with E-state index in [2.05, 4.69) is 60.7 Å². The molecule has 0 aliphatic carbocycles. The number of pyridine rings is 1. The van der Waals surface area contributed by atoms with E-state index in [1.165, 1.54) is 11.1 Å². The summed E-state index contributed by atoms with van der Waals surface area (Å²) in [5.74, 6) is 0.985. The van der Waals surface area contributed by atoms with Crippen LogP contribution in [0.3, 0.4) is 0 Å². The van der Waals surface area contributed by atoms with Crippen LogP contribution in [0.5, 0.6) is 5.88 Å². The van der Waals surface area contributed by atoms with E-state index < -0.39 is 0 Å². The first-order valence-corrected chi connectivity index (χ1v) is 8.05. The highest BCUT2D eigenvalue weighted by molar-refractivity contribution is 7.80. The molecule has 0 spiro atoms. The number of aromatic nitrogens is 1. The van der Waals surface area contributed by atoms with Crippen LogP contribution in [-0.4, -0.2) is 17.2 Å². The van der Waals surface area contributed by atoms with E-state index in [0.717, 1.165) is 5.69 Å². The van der Waals surface area contributed by atoms with Gasteiger partial charge in [0, 0.05) is 6.07 Å². The van der Waals surface area contributed by atoms with Gasteiger partial charge in [-0.15, -0.1) is 0 Å². The van der Waals surface area contributed by atoms with E-state index in [-0.39, 0.29) is 6.04 Å². The predicted octanol–water partition coefficient (Wildman–Crippen LogP) is 4.08. The summed E-state index contributed by atoms with van der Waals surface area (Å²) in [6.07, 6.45) is 1.70. The molecule has 0 aliphatic rings. The fourth-order valence-electron chi connectivity index (χ4n) is 2.42. The second kappa shape index (κ2) is 7.92. The highest BCUT2D eigenvalue weighted by atomic mass is 32.1. The first kappa shape index (κ1) is 17.2. The van der Waals surface area contributed by atoms with Crippen LogP contribution in [0.15, 0.2) is 42.6 Å². The van der Waals surface area contributed by atoms with Gasteiger partial charge < -0.3 is 15.4 Å². The number of hydrogen-bond acceptors (Lipinski definition) is 3. The largest absolute Gasteiger partial charge is 0.481 e. The highest BCUT2D eigenvalue weighted by Gasteiger charge is 2.18. The van der Waals surface area contributed by atoms with Gasteiger partial charge >= 0.3 is 0 Å². The van der Waals surface area contributed by atoms with Crippen molar-refractivity contribution in [1.82, 2.24) is 10.3 Å². The lowest BCUT2D eigenvalue weighted by molar-refractivity contribution is 0.398. The maximum absolute atomic E-state index is 5.45. The molecule has 5 heteroatoms. The number of rotatable bonds is 5. The molecule has 23 heavy (non-hydrogen) atoms. The number of nitrogens with zero attached hydrogens (tertiary/aromatic N) is 1. The van der Waals surface area contributed by atoms with E-state index in [9.17, 15) is 0 Å². The molecular weight excluding hydrogens is 306 g/mol. The average Bonchev–Trinajstić information content (AvgIpc) is 2.54. The quantitative estimate of drug-likeness (QED) is 0.809. The monoisotopic (exact) mass is 329 g/mol. The van der Waals surface area contributed by atoms with Crippen molar-refractivity contribution in [2.24, 2.45) is 5.92 Å². The van der Waals surface area contributed by atoms with Gasteiger partial charge in [-0.25, -0.2) is 4.98 Å². The van der Waals surface area contributed by atoms with Gasteiger partial charge in [-0.1, -0.05) is 38.1 Å². The van der Waals surface area contributed by atoms with E-state index in [1.807, 2.05) is 6.07 Å². The van der Waals surface area contributed by atoms with Crippen LogP contribution in [0, 0.1) is 12.8 Å². The number of anilines is 1. The van der Waals surface area contributed by atoms with Crippen molar-refractivity contribution < 1.29 is 4.74 Å². The third-order valence-corrected chi connectivity index (χ3v) is 3.90. The summed E-state index contributed by atoms with van der Waals surface area (Å²) < 4.78 is 5.05. The van der Waals surface area contributed by atoms with Crippen molar-refractivity contribution in [3.63, 3.8) is 0 Å². The van der Waals surface area contributed by atoms with E-state index in [4.69, 9.17) is 17.0 Å². The van der Waals surface area contributed by atoms with Gasteiger partial charge in [-0.2, -0.15) is 0 Å². The molecule has 1 aromatic carbocycles. The van der Waals surface area contributed by atoms with Crippen LogP contribution in [0.4, 0.5) is 5.69 Å². The Hall–Kier alpha value is -2.14. The topological polar surface area (TPSA) is 46.2 Å². The molecule has 2 N–H and O–H groups in total. The van der Waals surface area contributed by atoms with Gasteiger partial charge in [0.2, 0.25) is 5.88 Å². The Morgan fingerprint density at radius 1 is 1.17 bits per heavy atom. The first-order chi connectivity index (χ1) is 11.0. The standard InChI is InChI=1S/C18H23N3OS/c1-12(2)17(15-8-6-5-7-13(15)3)21-18(23)20-14-9-10-16(22-4)19-11-14/h5-12,17H,1-4H3,(H2,20,21,23)/t17-/m0/s1. The Labute approximate surface area is 143 Å². The summed E-state index contributed by atoms with van der Waals surface area (Å²) in [4.78, 5) is 4.16. The number of thiocarbonyl (C=S) groups is 1. The normalized spacial score (nSPS) is 11.9. The number of hydrogen-bond donors (Lipinski definition) is 2. The molecule has 122 valence electrons. The first-order valence-electron chi connectivity index (χ1n) is 7.64. The Kier molecular flexibility index (Phi) is 5.93. The molecular formula is C18H23N3OS. The summed E-state index contributed by atoms with van der Waals surface area (Å²) in [6, 6.07) is 12.2. The Morgan fingerprint density at radius 2 is 1.91 bits per heavy atom. The number of benzene rings is 1. The predicted molar refractivity (Wildman–Crippen MR) is 98.9 cm³/mol. The summed E-state index contributed by atoms with van der Waals surface area (Å²) in [5.41, 5.74) is 3.35. The Bertz CT molecular complexity index is 656. The lowest BCUT2D eigenvalue weighted by atomic mass is 9.93. The van der Waals surface area contributed by atoms with Crippen LogP contribution < -0.4 is 15.4 Å². The van der Waals surface area contributed by atoms with Gasteiger partial charge in [0.15, 0.2) is 5.11 Å². The molecule has 2 aromatic rings. The molecule has 0 saturated carbocycles. The summed E-state index contributed by atoms with van der Waals surface area (Å²) in [6.45, 7) is 6.49. The molecule has 0 amide bonds. The van der Waals surface area contributed by atoms with Crippen molar-refractivity contribution in [3.8, 4) is 5.88 Å². The summed E-state index contributed by atoms with van der Waals surface area (Å²) in [5, 5.41) is 7.16. The fraction of sp³-hybridized carbons (Fsp3) is 0.333. The molecule has 0 fully saturated rings. The van der Waals surface area contributed by atoms with Crippen LogP contribution in [0.25, 0.3) is 0 Å². The molecule has 4 nitrogen and oxygen atoms in total. The molecule has 0 radical (unpaired) electrons. The average molecular weight is 329 g/mol. The van der Waals surface area contributed by atoms with Crippen molar-refractivity contribution in [1.29, 1.82) is 0 Å². The molecule has 2 rings (SSSR count). The van der Waals surface area contributed by atoms with Crippen molar-refractivity contribution in [3.05, 3.63) is 53.7 Å². The molecule has 0 aliphatic heterocycles. The zero-order chi connectivity index (χ0) is 16.8. The SMILES string of the molecule is COc1ccc(NC(=S)N[C@H](c2ccccc2C)C(C)C)cn1. The Morgan fingerprint density at radius 3 is 2.48 bits per heavy atom. The van der Waals surface area contributed by atoms with E-state index in [1.54, 1.807) is 19.4 Å². The third-order valence-electron chi connectivity index (χ3n) is 3.68. The third kappa shape index (κ3) is 4.66. The number of methoxy groups -OCH3 is 1. The van der Waals surface area contributed by atoms with Crippen molar-refractivity contribution in [2.75, 3.05) is 12.4 Å². The summed E-state index contributed by atoms with van der Waals surface area (Å²) in [7, 11) is 1.59. The maximum atomic E-state index is 5.45. The highest BCUT2D eigenvalue weighted by Crippen LogP contribution is 2.24. The van der Waals surface area contributed by atoms with Gasteiger partial charge in [0.25, 0.3) is 0 Å². The molecule has 0 bridgehead atoms. The zero-order valence-electron chi connectivity index (χ0n) is 14.0. The number of nitrogens with one attached hydrogen (secondary N) is 2. The van der Waals surface area contributed by atoms with Gasteiger partial charge in [-0.05, 0) is 42.3 Å². The molecule has 1 aromatic heterocycles. The Balaban J connectivity index is 2.07. The van der Waals surface area contributed by atoms with Crippen molar-refractivity contribution in [2.45, 2.75) is 26.8 Å². The molecule has 1 atom stereocenters. The van der Waals surface area contributed by atoms with E-state index in [0.29, 0.717) is 16.9 Å². The minimum absolute atomic E-state index is 0.155. The smallest absolute Gasteiger partial charge is 0.213 e. The minimum Gasteiger partial charge on any atom is -0.481 e. The second-order valence-corrected chi connectivity index (χ2v) is 6.17. The van der Waals surface area contributed by atoms with Gasteiger partial charge in [0.1, 0.15) is 0 Å². The number of aryl methyl sites for hydroxylation is 1. The fourth-order valence-corrected chi connectivity index (χ4v) is 2.67. The van der Waals surface area contributed by atoms with Crippen LogP contribution in [0.2, 0.25) is 0 Å². The molecule has 0 saturated heterocycles. The van der Waals surface area contributed by atoms with Crippen LogP contribution in [0.1, 0.15) is 31.0 Å². The van der Waals surface area contributed by atoms with Gasteiger partial charge in [-0.3, -0.25) is 0 Å². The zero-order valence-corrected chi connectivity index (χ0v) is 14.8. The molecule has 0 unspecified atom stereocenters. The lowest BCUT2D eigenvalue weighted by Crippen LogP contribution is -2.35. The maximum Gasteiger partial charge on any atom is 0.213 e.